The number of hydrogen-bond acceptors (Lipinski definition) is 5. The van der Waals surface area contributed by atoms with Gasteiger partial charge in [-0.1, -0.05) is 23.5 Å². The number of ether oxygens (including phenoxy) is 1. The first-order valence-electron chi connectivity index (χ1n) is 8.77. The molecular weight excluding hydrogens is 376 g/mol. The lowest BCUT2D eigenvalue weighted by Crippen LogP contribution is -2.23. The van der Waals surface area contributed by atoms with Crippen LogP contribution in [0, 0.1) is 13.8 Å². The van der Waals surface area contributed by atoms with Gasteiger partial charge in [0.2, 0.25) is 0 Å². The van der Waals surface area contributed by atoms with E-state index in [0.29, 0.717) is 15.2 Å². The predicted octanol–water partition coefficient (Wildman–Crippen LogP) is 2.93. The molecule has 0 unspecified atom stereocenters. The minimum absolute atomic E-state index is 0.0921. The van der Waals surface area contributed by atoms with Gasteiger partial charge in [-0.2, -0.15) is 0 Å². The molecule has 0 fully saturated rings. The maximum atomic E-state index is 12.9. The number of aliphatic carboxylic acids is 1. The van der Waals surface area contributed by atoms with Crippen LogP contribution < -0.4 is 14.8 Å². The number of carbonyl (C=O) groups is 1. The molecule has 1 atom stereocenters. The van der Waals surface area contributed by atoms with Crippen LogP contribution in [0.2, 0.25) is 0 Å². The highest BCUT2D eigenvalue weighted by Crippen LogP contribution is 2.21. The SMILES string of the molecule is Cc1cc2nc3s/c(=C\c4ccc(O[C@H](C)C(=O)O)cc4)c(=O)n3c2cc1C. The minimum atomic E-state index is -1.02. The zero-order chi connectivity index (χ0) is 20.0. The van der Waals surface area contributed by atoms with E-state index in [2.05, 4.69) is 4.98 Å². The van der Waals surface area contributed by atoms with E-state index in [4.69, 9.17) is 9.84 Å². The lowest BCUT2D eigenvalue weighted by atomic mass is 10.1. The summed E-state index contributed by atoms with van der Waals surface area (Å²) in [7, 11) is 0. The fourth-order valence-corrected chi connectivity index (χ4v) is 3.95. The highest BCUT2D eigenvalue weighted by Gasteiger charge is 2.13. The molecule has 0 aliphatic carbocycles. The Balaban J connectivity index is 1.74. The van der Waals surface area contributed by atoms with Gasteiger partial charge in [0.05, 0.1) is 15.6 Å². The van der Waals surface area contributed by atoms with E-state index in [1.54, 1.807) is 34.7 Å². The first kappa shape index (κ1) is 18.2. The molecule has 28 heavy (non-hydrogen) atoms. The molecule has 0 radical (unpaired) electrons. The number of nitrogens with zero attached hydrogens (tertiary/aromatic N) is 2. The molecule has 0 spiro atoms. The Bertz CT molecular complexity index is 1320. The molecule has 2 aromatic heterocycles. The Morgan fingerprint density at radius 2 is 1.89 bits per heavy atom. The summed E-state index contributed by atoms with van der Waals surface area (Å²) < 4.78 is 7.57. The number of fused-ring (bicyclic) bond motifs is 3. The number of rotatable bonds is 4. The van der Waals surface area contributed by atoms with E-state index in [9.17, 15) is 9.59 Å². The number of carboxylic acids is 1. The van der Waals surface area contributed by atoms with Crippen LogP contribution in [0.5, 0.6) is 5.75 Å². The smallest absolute Gasteiger partial charge is 0.344 e. The number of benzene rings is 2. The van der Waals surface area contributed by atoms with E-state index in [-0.39, 0.29) is 5.56 Å². The third kappa shape index (κ3) is 3.14. The summed E-state index contributed by atoms with van der Waals surface area (Å²) in [6, 6.07) is 11.0. The maximum absolute atomic E-state index is 12.9. The quantitative estimate of drug-likeness (QED) is 0.576. The van der Waals surface area contributed by atoms with Gasteiger partial charge in [0, 0.05) is 0 Å². The highest BCUT2D eigenvalue weighted by atomic mass is 32.1. The molecule has 142 valence electrons. The van der Waals surface area contributed by atoms with Crippen molar-refractivity contribution in [3.05, 3.63) is 68.0 Å². The molecule has 1 N–H and O–H groups in total. The van der Waals surface area contributed by atoms with Crippen molar-refractivity contribution < 1.29 is 14.6 Å². The average molecular weight is 394 g/mol. The molecule has 0 bridgehead atoms. The van der Waals surface area contributed by atoms with Gasteiger partial charge in [0.1, 0.15) is 5.75 Å². The zero-order valence-electron chi connectivity index (χ0n) is 15.6. The van der Waals surface area contributed by atoms with Crippen molar-refractivity contribution in [2.24, 2.45) is 0 Å². The first-order chi connectivity index (χ1) is 13.3. The van der Waals surface area contributed by atoms with Gasteiger partial charge in [0.25, 0.3) is 5.56 Å². The Morgan fingerprint density at radius 1 is 1.21 bits per heavy atom. The van der Waals surface area contributed by atoms with Gasteiger partial charge in [0.15, 0.2) is 11.1 Å². The zero-order valence-corrected chi connectivity index (χ0v) is 16.4. The summed E-state index contributed by atoms with van der Waals surface area (Å²) in [5.41, 5.74) is 4.66. The molecule has 2 heterocycles. The Hall–Kier alpha value is -3.19. The van der Waals surface area contributed by atoms with Crippen molar-refractivity contribution >= 4 is 39.4 Å². The van der Waals surface area contributed by atoms with Gasteiger partial charge in [-0.3, -0.25) is 4.79 Å². The molecule has 6 nitrogen and oxygen atoms in total. The number of aromatic nitrogens is 2. The number of hydrogen-bond donors (Lipinski definition) is 1. The molecule has 0 amide bonds. The van der Waals surface area contributed by atoms with Crippen LogP contribution in [0.15, 0.2) is 41.2 Å². The summed E-state index contributed by atoms with van der Waals surface area (Å²) in [6.07, 6.45) is 0.882. The van der Waals surface area contributed by atoms with Crippen LogP contribution in [0.3, 0.4) is 0 Å². The van der Waals surface area contributed by atoms with Crippen molar-refractivity contribution in [2.75, 3.05) is 0 Å². The largest absolute Gasteiger partial charge is 0.479 e. The number of thiazole rings is 1. The van der Waals surface area contributed by atoms with Crippen LogP contribution in [0.1, 0.15) is 23.6 Å². The lowest BCUT2D eigenvalue weighted by molar-refractivity contribution is -0.144. The lowest BCUT2D eigenvalue weighted by Gasteiger charge is -2.09. The van der Waals surface area contributed by atoms with Crippen molar-refractivity contribution in [3.63, 3.8) is 0 Å². The number of carboxylic acid groups (broad SMARTS) is 1. The monoisotopic (exact) mass is 394 g/mol. The standard InChI is InChI=1S/C21H18N2O4S/c1-11-8-16-17(9-12(11)2)23-19(24)18(28-21(23)22-16)10-14-4-6-15(7-5-14)27-13(3)20(25)26/h4-10,13H,1-3H3,(H,25,26)/b18-10-/t13-/m1/s1. The second-order valence-electron chi connectivity index (χ2n) is 6.74. The summed E-state index contributed by atoms with van der Waals surface area (Å²) in [6.45, 7) is 5.53. The van der Waals surface area contributed by atoms with Crippen LogP contribution in [-0.2, 0) is 4.79 Å². The highest BCUT2D eigenvalue weighted by molar-refractivity contribution is 7.15. The second kappa shape index (κ2) is 6.76. The van der Waals surface area contributed by atoms with Crippen molar-refractivity contribution in [1.82, 2.24) is 9.38 Å². The Kier molecular flexibility index (Phi) is 4.39. The van der Waals surface area contributed by atoms with E-state index >= 15 is 0 Å². The van der Waals surface area contributed by atoms with E-state index in [1.165, 1.54) is 18.3 Å². The summed E-state index contributed by atoms with van der Waals surface area (Å²) >= 11 is 1.35. The van der Waals surface area contributed by atoms with Crippen molar-refractivity contribution in [1.29, 1.82) is 0 Å². The van der Waals surface area contributed by atoms with Gasteiger partial charge in [-0.25, -0.2) is 14.2 Å². The van der Waals surface area contributed by atoms with Crippen molar-refractivity contribution in [2.45, 2.75) is 26.9 Å². The normalized spacial score (nSPS) is 13.3. The summed E-state index contributed by atoms with van der Waals surface area (Å²) in [4.78, 5) is 29.0. The van der Waals surface area contributed by atoms with E-state index < -0.39 is 12.1 Å². The third-order valence-electron chi connectivity index (χ3n) is 4.69. The van der Waals surface area contributed by atoms with E-state index in [1.807, 2.05) is 26.0 Å². The minimum Gasteiger partial charge on any atom is -0.479 e. The maximum Gasteiger partial charge on any atom is 0.344 e. The molecular formula is C21H18N2O4S. The summed E-state index contributed by atoms with van der Waals surface area (Å²) in [5.74, 6) is -0.557. The number of aryl methyl sites for hydroxylation is 2. The van der Waals surface area contributed by atoms with Gasteiger partial charge in [-0.05, 0) is 67.8 Å². The molecule has 0 saturated carbocycles. The molecule has 4 aromatic rings. The van der Waals surface area contributed by atoms with Crippen LogP contribution >= 0.6 is 11.3 Å². The second-order valence-corrected chi connectivity index (χ2v) is 7.75. The number of imidazole rings is 1. The fraction of sp³-hybridized carbons (Fsp3) is 0.190. The first-order valence-corrected chi connectivity index (χ1v) is 9.58. The third-order valence-corrected chi connectivity index (χ3v) is 5.66. The Labute approximate surface area is 164 Å². The van der Waals surface area contributed by atoms with Crippen LogP contribution in [0.25, 0.3) is 22.1 Å². The van der Waals surface area contributed by atoms with Crippen LogP contribution in [-0.4, -0.2) is 26.6 Å². The topological polar surface area (TPSA) is 80.9 Å². The predicted molar refractivity (Wildman–Crippen MR) is 109 cm³/mol. The van der Waals surface area contributed by atoms with E-state index in [0.717, 1.165) is 27.7 Å². The molecule has 7 heteroatoms. The van der Waals surface area contributed by atoms with Gasteiger partial charge >= 0.3 is 5.97 Å². The molecule has 0 saturated heterocycles. The average Bonchev–Trinajstić information content (AvgIpc) is 3.13. The van der Waals surface area contributed by atoms with Gasteiger partial charge < -0.3 is 9.84 Å². The van der Waals surface area contributed by atoms with Gasteiger partial charge in [-0.15, -0.1) is 0 Å². The molecule has 0 aliphatic heterocycles. The molecule has 0 aliphatic rings. The Morgan fingerprint density at radius 3 is 2.57 bits per heavy atom. The summed E-state index contributed by atoms with van der Waals surface area (Å²) in [5, 5.41) is 8.91. The molecule has 2 aromatic carbocycles. The fourth-order valence-electron chi connectivity index (χ4n) is 2.97. The van der Waals surface area contributed by atoms with Crippen molar-refractivity contribution in [3.8, 4) is 5.75 Å². The molecule has 4 rings (SSSR count). The van der Waals surface area contributed by atoms with Crippen LogP contribution in [0.4, 0.5) is 0 Å².